The summed E-state index contributed by atoms with van der Waals surface area (Å²) >= 11 is 0. The summed E-state index contributed by atoms with van der Waals surface area (Å²) in [6.07, 6.45) is 0.616. The van der Waals surface area contributed by atoms with Crippen molar-refractivity contribution in [3.8, 4) is 5.75 Å². The van der Waals surface area contributed by atoms with E-state index in [4.69, 9.17) is 4.74 Å². The highest BCUT2D eigenvalue weighted by molar-refractivity contribution is 6.01. The molecular weight excluding hydrogens is 574 g/mol. The number of hydrogen-bond donors (Lipinski definition) is 7. The van der Waals surface area contributed by atoms with Gasteiger partial charge in [-0.1, -0.05) is 32.0 Å². The highest BCUT2D eigenvalue weighted by atomic mass is 16.5. The van der Waals surface area contributed by atoms with Gasteiger partial charge in [0.05, 0.1) is 18.1 Å². The van der Waals surface area contributed by atoms with Crippen LogP contribution < -0.4 is 37.0 Å². The highest BCUT2D eigenvalue weighted by Crippen LogP contribution is 2.21. The first kappa shape index (κ1) is 33.5. The van der Waals surface area contributed by atoms with Crippen LogP contribution in [-0.4, -0.2) is 35.6 Å². The molecule has 1 aromatic heterocycles. The number of nitrogens with one attached hydrogen (secondary N) is 7. The van der Waals surface area contributed by atoms with Crippen LogP contribution in [0.3, 0.4) is 0 Å². The van der Waals surface area contributed by atoms with Crippen LogP contribution in [0, 0.1) is 13.8 Å². The molecule has 12 nitrogen and oxygen atoms in total. The van der Waals surface area contributed by atoms with Gasteiger partial charge in [-0.3, -0.25) is 4.79 Å². The van der Waals surface area contributed by atoms with Crippen LogP contribution in [0.25, 0.3) is 11.0 Å². The second-order valence-corrected chi connectivity index (χ2v) is 9.39. The van der Waals surface area contributed by atoms with E-state index >= 15 is 0 Å². The van der Waals surface area contributed by atoms with Crippen LogP contribution in [0.2, 0.25) is 0 Å². The zero-order valence-corrected chi connectivity index (χ0v) is 25.7. The van der Waals surface area contributed by atoms with Crippen molar-refractivity contribution in [1.82, 2.24) is 9.97 Å². The summed E-state index contributed by atoms with van der Waals surface area (Å²) in [5.74, 6) is 0.665. The van der Waals surface area contributed by atoms with Crippen molar-refractivity contribution < 1.29 is 29.1 Å². The van der Waals surface area contributed by atoms with Crippen LogP contribution >= 0.6 is 0 Å². The quantitative estimate of drug-likeness (QED) is 0.0895. The number of H-pyrrole nitrogens is 2. The third kappa shape index (κ3) is 10.3. The summed E-state index contributed by atoms with van der Waals surface area (Å²) in [5, 5.41) is 13.5. The van der Waals surface area contributed by atoms with Crippen molar-refractivity contribution in [3.63, 3.8) is 0 Å². The van der Waals surface area contributed by atoms with E-state index in [1.54, 1.807) is 67.8 Å². The Labute approximate surface area is 271 Å². The number of benzene rings is 4. The Kier molecular flexibility index (Phi) is 12.3. The Morgan fingerprint density at radius 3 is 1.87 bits per heavy atom. The van der Waals surface area contributed by atoms with Gasteiger partial charge in [-0.15, -0.1) is 0 Å². The molecule has 7 N–H and O–H groups in total. The molecule has 45 heavy (non-hydrogen) atoms. The molecule has 0 spiro atoms. The average Bonchev–Trinajstić information content (AvgIpc) is 3.39. The number of methoxy groups -OCH3 is 1. The number of carbonyl (C=O) groups excluding carboxylic acids is 3. The van der Waals surface area contributed by atoms with Gasteiger partial charge < -0.3 is 41.3 Å². The summed E-state index contributed by atoms with van der Waals surface area (Å²) < 4.78 is 5.10. The zero-order valence-electron chi connectivity index (χ0n) is 25.7. The summed E-state index contributed by atoms with van der Waals surface area (Å²) in [5.41, 5.74) is 6.29. The Hall–Kier alpha value is -6.04. The molecule has 0 aliphatic carbocycles. The Morgan fingerprint density at radius 1 is 0.711 bits per heavy atom. The first-order valence-electron chi connectivity index (χ1n) is 14.1. The van der Waals surface area contributed by atoms with Crippen molar-refractivity contribution in [2.24, 2.45) is 0 Å². The highest BCUT2D eigenvalue weighted by Gasteiger charge is 2.07. The molecule has 0 bridgehead atoms. The lowest BCUT2D eigenvalue weighted by molar-refractivity contribution is -0.105. The number of urea groups is 2. The molecule has 248 valence electrons. The number of aromatic nitrogens is 2. The van der Waals surface area contributed by atoms with E-state index in [9.17, 15) is 19.2 Å². The minimum absolute atomic E-state index is 0. The third-order valence-electron chi connectivity index (χ3n) is 6.08. The van der Waals surface area contributed by atoms with Gasteiger partial charge in [0.15, 0.2) is 0 Å². The van der Waals surface area contributed by atoms with Crippen LogP contribution in [0.5, 0.6) is 5.75 Å². The largest absolute Gasteiger partial charge is 0.497 e. The van der Waals surface area contributed by atoms with E-state index < -0.39 is 0 Å². The van der Waals surface area contributed by atoms with Gasteiger partial charge in [-0.25, -0.2) is 14.4 Å². The smallest absolute Gasteiger partial charge is 0.323 e. The lowest BCUT2D eigenvalue weighted by Gasteiger charge is -2.10. The van der Waals surface area contributed by atoms with Gasteiger partial charge >= 0.3 is 17.8 Å². The minimum atomic E-state index is -0.358. The number of imidazole rings is 1. The number of hydrogen-bond acceptors (Lipinski definition) is 5. The van der Waals surface area contributed by atoms with Crippen molar-refractivity contribution in [2.45, 2.75) is 27.7 Å². The van der Waals surface area contributed by atoms with Gasteiger partial charge in [0, 0.05) is 44.5 Å². The lowest BCUT2D eigenvalue weighted by Crippen LogP contribution is -2.19. The second-order valence-electron chi connectivity index (χ2n) is 9.39. The van der Waals surface area contributed by atoms with E-state index in [0.29, 0.717) is 45.9 Å². The van der Waals surface area contributed by atoms with E-state index in [1.807, 2.05) is 52.0 Å². The lowest BCUT2D eigenvalue weighted by atomic mass is 10.2. The molecule has 0 atom stereocenters. The topological polar surface area (TPSA) is 169 Å². The molecule has 1 heterocycles. The predicted octanol–water partition coefficient (Wildman–Crippen LogP) is 8.77. The van der Waals surface area contributed by atoms with Gasteiger partial charge in [0.1, 0.15) is 5.75 Å². The summed E-state index contributed by atoms with van der Waals surface area (Å²) in [6, 6.07) is 24.3. The Balaban J connectivity index is -0.000000239. The molecule has 0 aliphatic heterocycles. The number of amides is 5. The predicted molar refractivity (Wildman–Crippen MR) is 195 cm³/mol. The van der Waals surface area contributed by atoms with Gasteiger partial charge in [0.25, 0.3) is 0 Å². The number of fused-ring (bicyclic) bond motifs is 1. The van der Waals surface area contributed by atoms with Crippen LogP contribution in [0.15, 0.2) is 89.7 Å². The molecule has 12 heteroatoms. The van der Waals surface area contributed by atoms with Crippen molar-refractivity contribution in [1.29, 1.82) is 0 Å². The van der Waals surface area contributed by atoms with Gasteiger partial charge in [-0.2, -0.15) is 0 Å². The number of carbonyl (C=O) groups is 3. The third-order valence-corrected chi connectivity index (χ3v) is 6.08. The first-order chi connectivity index (χ1) is 21.7. The molecule has 0 unspecified atom stereocenters. The van der Waals surface area contributed by atoms with E-state index in [2.05, 4.69) is 36.6 Å². The molecule has 0 radical (unpaired) electrons. The van der Waals surface area contributed by atoms with Crippen LogP contribution in [0.1, 0.15) is 35.0 Å². The zero-order chi connectivity index (χ0) is 32.8. The van der Waals surface area contributed by atoms with Crippen LogP contribution in [-0.2, 0) is 4.79 Å². The molecule has 4 aromatic carbocycles. The maximum atomic E-state index is 12.0. The maximum absolute atomic E-state index is 12.0. The summed E-state index contributed by atoms with van der Waals surface area (Å²) in [6.45, 7) is 7.80. The fourth-order valence-corrected chi connectivity index (χ4v) is 4.09. The Bertz CT molecular complexity index is 1840. The number of anilines is 5. The van der Waals surface area contributed by atoms with Gasteiger partial charge in [0.2, 0.25) is 6.41 Å². The molecule has 5 aromatic rings. The number of aromatic amines is 2. The summed E-state index contributed by atoms with van der Waals surface area (Å²) in [4.78, 5) is 50.8. The average molecular weight is 626 g/mol. The fraction of sp³-hybridized carbons (Fsp3) is 0.152. The maximum Gasteiger partial charge on any atom is 0.323 e. The minimum Gasteiger partial charge on any atom is -0.497 e. The normalized spacial score (nSPS) is 9.80. The van der Waals surface area contributed by atoms with Gasteiger partial charge in [-0.05, 0) is 85.6 Å². The molecule has 5 amide bonds. The molecule has 0 fully saturated rings. The van der Waals surface area contributed by atoms with E-state index in [-0.39, 0.29) is 27.7 Å². The Morgan fingerprint density at radius 2 is 1.27 bits per heavy atom. The fourth-order valence-electron chi connectivity index (χ4n) is 4.09. The second kappa shape index (κ2) is 16.6. The molecule has 0 saturated heterocycles. The molecule has 5 rings (SSSR count). The van der Waals surface area contributed by atoms with Crippen molar-refractivity contribution >= 4 is 57.9 Å². The van der Waals surface area contributed by atoms with Crippen molar-refractivity contribution in [3.05, 3.63) is 107 Å². The van der Waals surface area contributed by atoms with E-state index in [0.717, 1.165) is 16.8 Å². The standard InChI is InChI=1S/C16H17N3O3.C15H14N4O2.C2H6.7H2/c1-11-8-13(6-7-15(11)17-10-20)19-16(21)18-12-4-3-5-14(9-12)22-2;1-9-3-2-4-10(7-9)16-14(20)17-11-5-6-12-13(8-11)19-15(21)18-12;1-2;;;;;;;/h3-10H,1-2H3,(H,17,20)(H2,18,19,21);2-8H,1H3,(H2,16,17,20)(H2,18,19,21);1-2H3;7*1H. The molecular formula is C33H51N7O5. The number of rotatable bonds is 7. The number of ether oxygens (including phenoxy) is 1. The van der Waals surface area contributed by atoms with Crippen molar-refractivity contribution in [2.75, 3.05) is 33.7 Å². The monoisotopic (exact) mass is 625 g/mol. The first-order valence-corrected chi connectivity index (χ1v) is 14.1. The number of aryl methyl sites for hydroxylation is 2. The SMILES string of the molecule is CC.COc1cccc(NC(=O)Nc2ccc(NC=O)c(C)c2)c1.Cc1cccc(NC(=O)Nc2ccc3[nH]c(=O)[nH]c3c2)c1.[HH].[HH].[HH].[HH].[HH].[HH].[HH]. The molecule has 0 aliphatic rings. The van der Waals surface area contributed by atoms with Crippen LogP contribution in [0.4, 0.5) is 38.0 Å². The molecule has 0 saturated carbocycles. The summed E-state index contributed by atoms with van der Waals surface area (Å²) in [7, 11) is 1.57. The van der Waals surface area contributed by atoms with E-state index in [1.165, 1.54) is 0 Å².